The molecule has 0 aliphatic carbocycles. The highest BCUT2D eigenvalue weighted by molar-refractivity contribution is 5.74. The van der Waals surface area contributed by atoms with Crippen LogP contribution in [0.25, 0.3) is 0 Å². The molecule has 1 aromatic carbocycles. The van der Waals surface area contributed by atoms with E-state index >= 15 is 0 Å². The molecule has 0 saturated carbocycles. The van der Waals surface area contributed by atoms with Gasteiger partial charge in [0.2, 0.25) is 0 Å². The summed E-state index contributed by atoms with van der Waals surface area (Å²) < 4.78 is 15.9. The summed E-state index contributed by atoms with van der Waals surface area (Å²) in [6, 6.07) is 10.3. The second-order valence-corrected chi connectivity index (χ2v) is 6.88. The summed E-state index contributed by atoms with van der Waals surface area (Å²) in [4.78, 5) is 22.8. The van der Waals surface area contributed by atoms with Crippen molar-refractivity contribution in [2.75, 3.05) is 0 Å². The van der Waals surface area contributed by atoms with Crippen LogP contribution in [0.1, 0.15) is 30.8 Å². The van der Waals surface area contributed by atoms with Gasteiger partial charge in [-0.15, -0.1) is 0 Å². The van der Waals surface area contributed by atoms with Crippen LogP contribution in [-0.4, -0.2) is 31.5 Å². The molecule has 0 radical (unpaired) electrons. The van der Waals surface area contributed by atoms with E-state index in [4.69, 9.17) is 0 Å². The standard InChI is InChI=1S/C21H24FN5O/c1-16(2)25-21(28)27(13-17-7-9-23-10-8-17)15-20-24-11-12-26(20)14-18-5-3-4-6-19(18)22/h3-12,16H,13-15H2,1-2H3,(H,25,28). The van der Waals surface area contributed by atoms with Gasteiger partial charge in [0.05, 0.1) is 13.1 Å². The van der Waals surface area contributed by atoms with E-state index < -0.39 is 0 Å². The first-order chi connectivity index (χ1) is 13.5. The average Bonchev–Trinajstić information content (AvgIpc) is 3.10. The number of imidazole rings is 1. The number of nitrogens with zero attached hydrogens (tertiary/aromatic N) is 4. The van der Waals surface area contributed by atoms with Gasteiger partial charge >= 0.3 is 6.03 Å². The molecule has 2 aromatic heterocycles. The van der Waals surface area contributed by atoms with Gasteiger partial charge in [0.25, 0.3) is 0 Å². The number of hydrogen-bond donors (Lipinski definition) is 1. The van der Waals surface area contributed by atoms with E-state index in [1.54, 1.807) is 47.9 Å². The van der Waals surface area contributed by atoms with E-state index in [1.165, 1.54) is 6.07 Å². The molecule has 0 atom stereocenters. The molecule has 0 aliphatic heterocycles. The first-order valence-electron chi connectivity index (χ1n) is 9.20. The summed E-state index contributed by atoms with van der Waals surface area (Å²) >= 11 is 0. The van der Waals surface area contributed by atoms with Crippen LogP contribution in [0.5, 0.6) is 0 Å². The Morgan fingerprint density at radius 3 is 2.61 bits per heavy atom. The number of carbonyl (C=O) groups excluding carboxylic acids is 1. The predicted octanol–water partition coefficient (Wildman–Crippen LogP) is 3.59. The Morgan fingerprint density at radius 1 is 1.14 bits per heavy atom. The topological polar surface area (TPSA) is 63.1 Å². The Bertz CT molecular complexity index is 910. The molecular weight excluding hydrogens is 357 g/mol. The molecule has 0 spiro atoms. The molecule has 0 saturated heterocycles. The van der Waals surface area contributed by atoms with Gasteiger partial charge in [-0.25, -0.2) is 14.2 Å². The van der Waals surface area contributed by atoms with Crippen molar-refractivity contribution in [1.29, 1.82) is 0 Å². The zero-order valence-electron chi connectivity index (χ0n) is 16.0. The molecule has 0 aliphatic rings. The van der Waals surface area contributed by atoms with E-state index in [-0.39, 0.29) is 17.9 Å². The molecule has 7 heteroatoms. The molecule has 2 heterocycles. The normalized spacial score (nSPS) is 10.9. The van der Waals surface area contributed by atoms with Crippen molar-refractivity contribution in [3.63, 3.8) is 0 Å². The Morgan fingerprint density at radius 2 is 1.89 bits per heavy atom. The lowest BCUT2D eigenvalue weighted by Gasteiger charge is -2.24. The quantitative estimate of drug-likeness (QED) is 0.680. The summed E-state index contributed by atoms with van der Waals surface area (Å²) in [5.74, 6) is 0.435. The van der Waals surface area contributed by atoms with Crippen LogP contribution >= 0.6 is 0 Å². The summed E-state index contributed by atoms with van der Waals surface area (Å²) in [6.07, 6.45) is 6.87. The van der Waals surface area contributed by atoms with Crippen LogP contribution in [0.3, 0.4) is 0 Å². The number of halogens is 1. The zero-order chi connectivity index (χ0) is 19.9. The SMILES string of the molecule is CC(C)NC(=O)N(Cc1ccncc1)Cc1nccn1Cc1ccccc1F. The third-order valence-corrected chi connectivity index (χ3v) is 4.25. The van der Waals surface area contributed by atoms with E-state index in [0.29, 0.717) is 31.0 Å². The molecule has 1 N–H and O–H groups in total. The van der Waals surface area contributed by atoms with Crippen LogP contribution in [-0.2, 0) is 19.6 Å². The van der Waals surface area contributed by atoms with Crippen molar-refractivity contribution in [3.05, 3.63) is 84.0 Å². The average molecular weight is 381 g/mol. The molecular formula is C21H24FN5O. The highest BCUT2D eigenvalue weighted by Gasteiger charge is 2.18. The smallest absolute Gasteiger partial charge is 0.318 e. The lowest BCUT2D eigenvalue weighted by Crippen LogP contribution is -2.42. The van der Waals surface area contributed by atoms with Gasteiger partial charge in [0.1, 0.15) is 11.6 Å². The van der Waals surface area contributed by atoms with Crippen molar-refractivity contribution < 1.29 is 9.18 Å². The van der Waals surface area contributed by atoms with Crippen LogP contribution in [0.2, 0.25) is 0 Å². The highest BCUT2D eigenvalue weighted by atomic mass is 19.1. The van der Waals surface area contributed by atoms with Gasteiger partial charge in [-0.3, -0.25) is 4.98 Å². The fraction of sp³-hybridized carbons (Fsp3) is 0.286. The van der Waals surface area contributed by atoms with Crippen molar-refractivity contribution in [2.45, 2.75) is 39.5 Å². The number of amides is 2. The second kappa shape index (κ2) is 9.12. The van der Waals surface area contributed by atoms with Crippen LogP contribution in [0.4, 0.5) is 9.18 Å². The van der Waals surface area contributed by atoms with Gasteiger partial charge < -0.3 is 14.8 Å². The van der Waals surface area contributed by atoms with Crippen molar-refractivity contribution in [3.8, 4) is 0 Å². The fourth-order valence-corrected chi connectivity index (χ4v) is 2.86. The number of hydrogen-bond acceptors (Lipinski definition) is 3. The van der Waals surface area contributed by atoms with Crippen LogP contribution in [0.15, 0.2) is 61.2 Å². The number of aromatic nitrogens is 3. The maximum absolute atomic E-state index is 14.0. The number of pyridine rings is 1. The minimum absolute atomic E-state index is 0.0191. The third kappa shape index (κ3) is 5.16. The molecule has 0 bridgehead atoms. The number of benzene rings is 1. The summed E-state index contributed by atoms with van der Waals surface area (Å²) in [7, 11) is 0. The first-order valence-corrected chi connectivity index (χ1v) is 9.20. The molecule has 28 heavy (non-hydrogen) atoms. The zero-order valence-corrected chi connectivity index (χ0v) is 16.0. The van der Waals surface area contributed by atoms with E-state index in [0.717, 1.165) is 5.56 Å². The van der Waals surface area contributed by atoms with Gasteiger partial charge in [0, 0.05) is 42.9 Å². The van der Waals surface area contributed by atoms with E-state index in [9.17, 15) is 9.18 Å². The Kier molecular flexibility index (Phi) is 6.37. The van der Waals surface area contributed by atoms with Crippen LogP contribution in [0, 0.1) is 5.82 Å². The van der Waals surface area contributed by atoms with Gasteiger partial charge in [-0.2, -0.15) is 0 Å². The lowest BCUT2D eigenvalue weighted by molar-refractivity contribution is 0.187. The van der Waals surface area contributed by atoms with Gasteiger partial charge in [-0.1, -0.05) is 18.2 Å². The van der Waals surface area contributed by atoms with Crippen LogP contribution < -0.4 is 5.32 Å². The summed E-state index contributed by atoms with van der Waals surface area (Å²) in [6.45, 7) is 4.93. The Balaban J connectivity index is 1.80. The molecule has 6 nitrogen and oxygen atoms in total. The monoisotopic (exact) mass is 381 g/mol. The fourth-order valence-electron chi connectivity index (χ4n) is 2.86. The number of carbonyl (C=O) groups is 1. The molecule has 2 amide bonds. The molecule has 0 unspecified atom stereocenters. The summed E-state index contributed by atoms with van der Waals surface area (Å²) in [5.41, 5.74) is 1.55. The lowest BCUT2D eigenvalue weighted by atomic mass is 10.2. The van der Waals surface area contributed by atoms with E-state index in [1.807, 2.05) is 30.5 Å². The maximum Gasteiger partial charge on any atom is 0.318 e. The van der Waals surface area contributed by atoms with Crippen molar-refractivity contribution >= 4 is 6.03 Å². The number of urea groups is 1. The minimum atomic E-state index is -0.256. The van der Waals surface area contributed by atoms with Gasteiger partial charge in [0.15, 0.2) is 0 Å². The molecule has 3 rings (SSSR count). The second-order valence-electron chi connectivity index (χ2n) is 6.88. The third-order valence-electron chi connectivity index (χ3n) is 4.25. The summed E-state index contributed by atoms with van der Waals surface area (Å²) in [5, 5.41) is 2.93. The largest absolute Gasteiger partial charge is 0.336 e. The molecule has 146 valence electrons. The Hall–Kier alpha value is -3.22. The predicted molar refractivity (Wildman–Crippen MR) is 105 cm³/mol. The first kappa shape index (κ1) is 19.5. The number of nitrogens with one attached hydrogen (secondary N) is 1. The van der Waals surface area contributed by atoms with Gasteiger partial charge in [-0.05, 0) is 37.6 Å². The minimum Gasteiger partial charge on any atom is -0.336 e. The molecule has 3 aromatic rings. The highest BCUT2D eigenvalue weighted by Crippen LogP contribution is 2.13. The molecule has 0 fully saturated rings. The Labute approximate surface area is 164 Å². The van der Waals surface area contributed by atoms with Crippen molar-refractivity contribution in [1.82, 2.24) is 24.8 Å². The van der Waals surface area contributed by atoms with Crippen molar-refractivity contribution in [2.24, 2.45) is 0 Å². The maximum atomic E-state index is 14.0. The number of rotatable bonds is 7. The van der Waals surface area contributed by atoms with E-state index in [2.05, 4.69) is 15.3 Å².